The van der Waals surface area contributed by atoms with Gasteiger partial charge in [-0.25, -0.2) is 19.9 Å². The molecule has 3 N–H and O–H groups in total. The van der Waals surface area contributed by atoms with E-state index in [0.717, 1.165) is 25.3 Å². The number of aryl methyl sites for hydroxylation is 1. The maximum absolute atomic E-state index is 13.3. The summed E-state index contributed by atoms with van der Waals surface area (Å²) < 4.78 is 61.0. The third-order valence-electron chi connectivity index (χ3n) is 9.23. The van der Waals surface area contributed by atoms with Gasteiger partial charge in [0.1, 0.15) is 36.0 Å². The number of hydrogen-bond acceptors (Lipinski definition) is 9. The van der Waals surface area contributed by atoms with Crippen molar-refractivity contribution in [2.75, 3.05) is 12.3 Å². The van der Waals surface area contributed by atoms with Gasteiger partial charge in [0.2, 0.25) is 0 Å². The number of halogens is 4. The van der Waals surface area contributed by atoms with Crippen LogP contribution in [-0.4, -0.2) is 77.1 Å². The molecule has 242 valence electrons. The molecule has 11 nitrogen and oxygen atoms in total. The Balaban J connectivity index is 1.01. The zero-order valence-corrected chi connectivity index (χ0v) is 26.1. The molecule has 1 saturated carbocycles. The Hall–Kier alpha value is -3.04. The summed E-state index contributed by atoms with van der Waals surface area (Å²) in [6.07, 6.45) is 0.749. The molecule has 45 heavy (non-hydrogen) atoms. The highest BCUT2D eigenvalue weighted by molar-refractivity contribution is 6.32. The van der Waals surface area contributed by atoms with Crippen molar-refractivity contribution >= 4 is 39.6 Å². The lowest BCUT2D eigenvalue weighted by Gasteiger charge is -2.46. The zero-order valence-electron chi connectivity index (χ0n) is 25.4. The van der Waals surface area contributed by atoms with Gasteiger partial charge in [-0.3, -0.25) is 9.47 Å². The second-order valence-corrected chi connectivity index (χ2v) is 13.5. The second-order valence-electron chi connectivity index (χ2n) is 13.1. The van der Waals surface area contributed by atoms with Gasteiger partial charge >= 0.3 is 6.18 Å². The number of aromatic nitrogens is 6. The van der Waals surface area contributed by atoms with E-state index in [-0.39, 0.29) is 29.4 Å². The summed E-state index contributed by atoms with van der Waals surface area (Å²) >= 11 is 5.88. The fourth-order valence-electron chi connectivity index (χ4n) is 7.04. The van der Waals surface area contributed by atoms with Gasteiger partial charge in [0, 0.05) is 25.0 Å². The number of hydrogen-bond donors (Lipinski definition) is 2. The fraction of sp³-hybridized carbons (Fsp3) is 0.600. The zero-order chi connectivity index (χ0) is 31.8. The Bertz CT molecular complexity index is 1720. The summed E-state index contributed by atoms with van der Waals surface area (Å²) in [7, 11) is 0. The molecule has 2 aliphatic heterocycles. The lowest BCUT2D eigenvalue weighted by molar-refractivity contribution is -0.199. The van der Waals surface area contributed by atoms with Gasteiger partial charge in [-0.05, 0) is 65.0 Å². The Kier molecular flexibility index (Phi) is 7.51. The van der Waals surface area contributed by atoms with Crippen LogP contribution in [0, 0.1) is 5.92 Å². The minimum absolute atomic E-state index is 0.246. The maximum Gasteiger partial charge on any atom is 0.417 e. The van der Waals surface area contributed by atoms with Crippen LogP contribution in [0.2, 0.25) is 5.02 Å². The number of fused-ring (bicyclic) bond motifs is 3. The monoisotopic (exact) mass is 648 g/mol. The van der Waals surface area contributed by atoms with Gasteiger partial charge in [0.25, 0.3) is 0 Å². The van der Waals surface area contributed by atoms with Crippen molar-refractivity contribution in [2.24, 2.45) is 5.92 Å². The normalized spacial score (nSPS) is 28.0. The first-order valence-electron chi connectivity index (χ1n) is 15.2. The van der Waals surface area contributed by atoms with E-state index >= 15 is 0 Å². The average Bonchev–Trinajstić information content (AvgIpc) is 3.67. The molecule has 0 radical (unpaired) electrons. The Morgan fingerprint density at radius 3 is 2.64 bits per heavy atom. The predicted octanol–water partition coefficient (Wildman–Crippen LogP) is 5.50. The number of H-pyrrole nitrogens is 1. The summed E-state index contributed by atoms with van der Waals surface area (Å²) in [4.78, 5) is 22.9. The van der Waals surface area contributed by atoms with Crippen LogP contribution in [0.25, 0.3) is 22.2 Å². The summed E-state index contributed by atoms with van der Waals surface area (Å²) in [5.41, 5.74) is 7.05. The molecule has 4 atom stereocenters. The predicted molar refractivity (Wildman–Crippen MR) is 160 cm³/mol. The number of ether oxygens (including phenoxy) is 3. The van der Waals surface area contributed by atoms with Crippen molar-refractivity contribution in [1.29, 1.82) is 0 Å². The number of anilines is 1. The molecule has 5 heterocycles. The number of aromatic amines is 1. The SMILES string of the molecule is CC(C)N(C[C@H]1OC(n2cnc3c(N)ncnc32)[C@@H]2OC(C)(C)O[C@H]12)C1CC(CCc2nc3cc(Cl)c(C(F)(F)F)cc3[nH]2)C1. The van der Waals surface area contributed by atoms with Crippen LogP contribution in [0.1, 0.15) is 64.6 Å². The van der Waals surface area contributed by atoms with Crippen LogP contribution in [0.4, 0.5) is 19.0 Å². The molecule has 0 amide bonds. The Morgan fingerprint density at radius 1 is 1.16 bits per heavy atom. The molecule has 0 spiro atoms. The first-order valence-corrected chi connectivity index (χ1v) is 15.6. The lowest BCUT2D eigenvalue weighted by Crippen LogP contribution is -2.52. The van der Waals surface area contributed by atoms with E-state index < -0.39 is 23.8 Å². The molecule has 3 fully saturated rings. The van der Waals surface area contributed by atoms with E-state index in [1.54, 1.807) is 6.33 Å². The Labute approximate surface area is 262 Å². The van der Waals surface area contributed by atoms with Crippen LogP contribution < -0.4 is 5.73 Å². The molecular formula is C30H36ClF3N8O3. The molecule has 1 aromatic carbocycles. The standard InChI is InChI=1S/C30H36ClF3N8O3/c1-14(2)41(16-7-15(8-16)5-6-22-39-19-9-17(30(32,33)34)18(31)10-20(19)40-22)11-21-24-25(45-29(3,4)44-24)28(43-21)42-13-38-23-26(35)36-12-37-27(23)42/h9-10,12-16,21,24-25,28H,5-8,11H2,1-4H3,(H,39,40)(H2,35,36,37)/t15?,16?,21-,24-,25-,28?/m1/s1. The summed E-state index contributed by atoms with van der Waals surface area (Å²) in [5.74, 6) is 0.692. The third-order valence-corrected chi connectivity index (χ3v) is 9.55. The number of benzene rings is 1. The van der Waals surface area contributed by atoms with Gasteiger partial charge in [-0.1, -0.05) is 11.6 Å². The number of nitrogens with one attached hydrogen (secondary N) is 1. The number of imidazole rings is 2. The van der Waals surface area contributed by atoms with Gasteiger partial charge < -0.3 is 24.9 Å². The average molecular weight is 649 g/mol. The fourth-order valence-corrected chi connectivity index (χ4v) is 7.31. The van der Waals surface area contributed by atoms with Gasteiger partial charge in [0.05, 0.1) is 27.9 Å². The van der Waals surface area contributed by atoms with Crippen LogP contribution in [-0.2, 0) is 26.8 Å². The number of nitrogens with two attached hydrogens (primary N) is 1. The summed E-state index contributed by atoms with van der Waals surface area (Å²) in [6, 6.07) is 2.96. The van der Waals surface area contributed by atoms with Crippen molar-refractivity contribution < 1.29 is 27.4 Å². The molecule has 2 saturated heterocycles. The van der Waals surface area contributed by atoms with Crippen LogP contribution in [0.5, 0.6) is 0 Å². The highest BCUT2D eigenvalue weighted by atomic mass is 35.5. The minimum Gasteiger partial charge on any atom is -0.382 e. The summed E-state index contributed by atoms with van der Waals surface area (Å²) in [6.45, 7) is 8.86. The molecule has 7 rings (SSSR count). The third kappa shape index (κ3) is 5.64. The lowest BCUT2D eigenvalue weighted by atomic mass is 9.76. The number of rotatable bonds is 8. The highest BCUT2D eigenvalue weighted by Crippen LogP contribution is 2.45. The van der Waals surface area contributed by atoms with Crippen molar-refractivity contribution in [3.63, 3.8) is 0 Å². The minimum atomic E-state index is -4.52. The van der Waals surface area contributed by atoms with Crippen molar-refractivity contribution in [1.82, 2.24) is 34.4 Å². The molecule has 3 aromatic heterocycles. The van der Waals surface area contributed by atoms with Gasteiger partial charge in [-0.2, -0.15) is 13.2 Å². The van der Waals surface area contributed by atoms with E-state index in [0.29, 0.717) is 58.8 Å². The van der Waals surface area contributed by atoms with Crippen molar-refractivity contribution in [2.45, 2.75) is 102 Å². The molecule has 4 aromatic rings. The van der Waals surface area contributed by atoms with Crippen molar-refractivity contribution in [3.8, 4) is 0 Å². The van der Waals surface area contributed by atoms with Crippen LogP contribution in [0.3, 0.4) is 0 Å². The second kappa shape index (κ2) is 11.0. The highest BCUT2D eigenvalue weighted by Gasteiger charge is 2.57. The quantitative estimate of drug-likeness (QED) is 0.255. The first-order chi connectivity index (χ1) is 21.3. The molecular weight excluding hydrogens is 613 g/mol. The van der Waals surface area contributed by atoms with Crippen LogP contribution >= 0.6 is 11.6 Å². The van der Waals surface area contributed by atoms with E-state index in [1.165, 1.54) is 12.4 Å². The van der Waals surface area contributed by atoms with E-state index in [1.807, 2.05) is 18.4 Å². The first kappa shape index (κ1) is 30.6. The van der Waals surface area contributed by atoms with E-state index in [9.17, 15) is 13.2 Å². The smallest absolute Gasteiger partial charge is 0.382 e. The topological polar surface area (TPSA) is 129 Å². The number of nitrogen functional groups attached to an aromatic ring is 1. The van der Waals surface area contributed by atoms with Gasteiger partial charge in [-0.15, -0.1) is 0 Å². The van der Waals surface area contributed by atoms with E-state index in [4.69, 9.17) is 31.5 Å². The molecule has 15 heteroatoms. The largest absolute Gasteiger partial charge is 0.417 e. The number of nitrogens with zero attached hydrogens (tertiary/aromatic N) is 6. The maximum atomic E-state index is 13.3. The number of alkyl halides is 3. The van der Waals surface area contributed by atoms with Crippen molar-refractivity contribution in [3.05, 3.63) is 41.2 Å². The van der Waals surface area contributed by atoms with E-state index in [2.05, 4.69) is 43.7 Å². The summed E-state index contributed by atoms with van der Waals surface area (Å²) in [5, 5.41) is -0.345. The van der Waals surface area contributed by atoms with Crippen LogP contribution in [0.15, 0.2) is 24.8 Å². The molecule has 1 unspecified atom stereocenters. The molecule has 1 aliphatic carbocycles. The molecule has 0 bridgehead atoms. The Morgan fingerprint density at radius 2 is 1.91 bits per heavy atom. The van der Waals surface area contributed by atoms with Gasteiger partial charge in [0.15, 0.2) is 23.5 Å². The molecule has 3 aliphatic rings.